The van der Waals surface area contributed by atoms with Crippen LogP contribution in [0.4, 0.5) is 32.2 Å². The lowest BCUT2D eigenvalue weighted by atomic mass is 9.88. The molecule has 0 aliphatic carbocycles. The molecular formula is C17H11F6N4O3S+. The van der Waals surface area contributed by atoms with Gasteiger partial charge in [-0.3, -0.25) is 14.3 Å². The molecule has 0 spiro atoms. The van der Waals surface area contributed by atoms with Crippen molar-refractivity contribution in [3.05, 3.63) is 72.9 Å². The number of hydrogen-bond donors (Lipinski definition) is 3. The minimum absolute atomic E-state index is 0.000745. The number of amidine groups is 1. The topological polar surface area (TPSA) is 94.0 Å². The summed E-state index contributed by atoms with van der Waals surface area (Å²) in [5.74, 6) is -1.53. The Morgan fingerprint density at radius 2 is 1.81 bits per heavy atom. The Kier molecular flexibility index (Phi) is 4.64. The molecule has 0 saturated carbocycles. The van der Waals surface area contributed by atoms with E-state index in [4.69, 9.17) is 4.42 Å². The molecule has 4 rings (SSSR count). The first-order chi connectivity index (χ1) is 14.5. The SMILES string of the molecule is O=c1[nH]c(=O)n(Cc2ccco2)c2c1C(C(F)(F)F)(C(F)(F)F)[NH+]=C(c1cccs1)N2. The second-order valence-electron chi connectivity index (χ2n) is 6.50. The lowest BCUT2D eigenvalue weighted by molar-refractivity contribution is -0.658. The molecular weight excluding hydrogens is 454 g/mol. The molecule has 1 aliphatic rings. The molecule has 3 aromatic heterocycles. The second kappa shape index (κ2) is 6.87. The fourth-order valence-electron chi connectivity index (χ4n) is 3.29. The van der Waals surface area contributed by atoms with E-state index in [-0.39, 0.29) is 10.6 Å². The number of halogens is 6. The van der Waals surface area contributed by atoms with Gasteiger partial charge < -0.3 is 4.42 Å². The van der Waals surface area contributed by atoms with E-state index < -0.39 is 52.9 Å². The van der Waals surface area contributed by atoms with E-state index in [0.717, 1.165) is 11.3 Å². The van der Waals surface area contributed by atoms with Crippen LogP contribution in [0.3, 0.4) is 0 Å². The number of nitrogens with one attached hydrogen (secondary N) is 3. The first-order valence-electron chi connectivity index (χ1n) is 8.45. The maximum absolute atomic E-state index is 14.1. The number of nitrogens with zero attached hydrogens (tertiary/aromatic N) is 1. The van der Waals surface area contributed by atoms with Gasteiger partial charge in [-0.25, -0.2) is 15.1 Å². The highest BCUT2D eigenvalue weighted by Gasteiger charge is 2.78. The number of hydrogen-bond acceptors (Lipinski definition) is 5. The second-order valence-corrected chi connectivity index (χ2v) is 7.44. The van der Waals surface area contributed by atoms with Crippen molar-refractivity contribution in [2.24, 2.45) is 0 Å². The Balaban J connectivity index is 2.11. The van der Waals surface area contributed by atoms with Gasteiger partial charge in [0, 0.05) is 0 Å². The minimum atomic E-state index is -6.00. The molecule has 3 N–H and O–H groups in total. The predicted octanol–water partition coefficient (Wildman–Crippen LogP) is 1.51. The third-order valence-corrected chi connectivity index (χ3v) is 5.53. The van der Waals surface area contributed by atoms with Gasteiger partial charge in [-0.15, -0.1) is 11.3 Å². The van der Waals surface area contributed by atoms with Crippen molar-refractivity contribution >= 4 is 23.0 Å². The van der Waals surface area contributed by atoms with Crippen LogP contribution in [-0.2, 0) is 12.1 Å². The van der Waals surface area contributed by atoms with Crippen LogP contribution in [0.15, 0.2) is 49.9 Å². The monoisotopic (exact) mass is 465 g/mol. The molecule has 1 aliphatic heterocycles. The summed E-state index contributed by atoms with van der Waals surface area (Å²) in [7, 11) is 0. The number of fused-ring (bicyclic) bond motifs is 1. The zero-order valence-electron chi connectivity index (χ0n) is 15.0. The molecule has 0 unspecified atom stereocenters. The average molecular weight is 465 g/mol. The van der Waals surface area contributed by atoms with Crippen molar-refractivity contribution in [3.63, 3.8) is 0 Å². The maximum atomic E-state index is 14.1. The smallest absolute Gasteiger partial charge is 0.446 e. The molecule has 0 saturated heterocycles. The zero-order chi connectivity index (χ0) is 22.6. The van der Waals surface area contributed by atoms with Crippen LogP contribution in [0.5, 0.6) is 0 Å². The lowest BCUT2D eigenvalue weighted by Crippen LogP contribution is -2.97. The highest BCUT2D eigenvalue weighted by molar-refractivity contribution is 7.12. The first kappa shape index (κ1) is 21.0. The van der Waals surface area contributed by atoms with Gasteiger partial charge in [0.05, 0.1) is 12.8 Å². The fourth-order valence-corrected chi connectivity index (χ4v) is 3.97. The summed E-state index contributed by atoms with van der Waals surface area (Å²) in [6.07, 6.45) is -10.8. The summed E-state index contributed by atoms with van der Waals surface area (Å²) >= 11 is 0.857. The van der Waals surface area contributed by atoms with Gasteiger partial charge in [-0.2, -0.15) is 26.3 Å². The van der Waals surface area contributed by atoms with Crippen molar-refractivity contribution in [2.45, 2.75) is 24.4 Å². The van der Waals surface area contributed by atoms with E-state index >= 15 is 0 Å². The van der Waals surface area contributed by atoms with Gasteiger partial charge >= 0.3 is 23.6 Å². The number of H-pyrrole nitrogens is 1. The number of aromatic amines is 1. The summed E-state index contributed by atoms with van der Waals surface area (Å²) in [4.78, 5) is 27.8. The third-order valence-electron chi connectivity index (χ3n) is 4.64. The van der Waals surface area contributed by atoms with Crippen LogP contribution in [0, 0.1) is 0 Å². The molecule has 0 radical (unpaired) electrons. The van der Waals surface area contributed by atoms with E-state index in [2.05, 4.69) is 5.32 Å². The largest absolute Gasteiger partial charge is 0.467 e. The molecule has 0 fully saturated rings. The van der Waals surface area contributed by atoms with E-state index in [9.17, 15) is 35.9 Å². The van der Waals surface area contributed by atoms with Crippen LogP contribution in [0.2, 0.25) is 0 Å². The summed E-state index contributed by atoms with van der Waals surface area (Å²) < 4.78 is 90.2. The van der Waals surface area contributed by atoms with Crippen LogP contribution in [-0.4, -0.2) is 27.7 Å². The Labute approximate surface area is 171 Å². The van der Waals surface area contributed by atoms with Crippen molar-refractivity contribution in [3.8, 4) is 0 Å². The summed E-state index contributed by atoms with van der Waals surface area (Å²) in [6.45, 7) is -0.526. The first-order valence-corrected chi connectivity index (χ1v) is 9.33. The fraction of sp³-hybridized carbons (Fsp3) is 0.235. The normalized spacial score (nSPS) is 15.9. The number of aromatic nitrogens is 2. The highest BCUT2D eigenvalue weighted by atomic mass is 32.1. The van der Waals surface area contributed by atoms with Gasteiger partial charge in [0.25, 0.3) is 11.4 Å². The third kappa shape index (κ3) is 3.17. The molecule has 0 aromatic carbocycles. The van der Waals surface area contributed by atoms with Gasteiger partial charge in [-0.05, 0) is 23.6 Å². The molecule has 0 atom stereocenters. The molecule has 7 nitrogen and oxygen atoms in total. The quantitative estimate of drug-likeness (QED) is 0.512. The summed E-state index contributed by atoms with van der Waals surface area (Å²) in [5.41, 5.74) is -9.53. The Bertz CT molecular complexity index is 1240. The number of rotatable bonds is 3. The number of anilines is 1. The van der Waals surface area contributed by atoms with Crippen molar-refractivity contribution in [2.75, 3.05) is 5.32 Å². The number of furan rings is 1. The van der Waals surface area contributed by atoms with Gasteiger partial charge in [0.15, 0.2) is 0 Å². The van der Waals surface area contributed by atoms with E-state index in [0.29, 0.717) is 4.57 Å². The molecule has 0 bridgehead atoms. The van der Waals surface area contributed by atoms with E-state index in [1.165, 1.54) is 40.9 Å². The molecule has 0 amide bonds. The summed E-state index contributed by atoms with van der Waals surface area (Å²) in [5, 5.41) is 3.82. The van der Waals surface area contributed by atoms with Crippen molar-refractivity contribution in [1.82, 2.24) is 9.55 Å². The lowest BCUT2D eigenvalue weighted by Gasteiger charge is -2.34. The van der Waals surface area contributed by atoms with Crippen LogP contribution < -0.4 is 21.6 Å². The van der Waals surface area contributed by atoms with Crippen LogP contribution in [0.1, 0.15) is 16.2 Å². The predicted molar refractivity (Wildman–Crippen MR) is 95.9 cm³/mol. The Morgan fingerprint density at radius 1 is 1.10 bits per heavy atom. The van der Waals surface area contributed by atoms with Gasteiger partial charge in [-0.1, -0.05) is 6.07 Å². The van der Waals surface area contributed by atoms with E-state index in [1.807, 2.05) is 0 Å². The Morgan fingerprint density at radius 3 is 2.35 bits per heavy atom. The van der Waals surface area contributed by atoms with Crippen molar-refractivity contribution in [1.29, 1.82) is 0 Å². The van der Waals surface area contributed by atoms with E-state index in [1.54, 1.807) is 4.98 Å². The standard InChI is InChI=1S/C17H10F6N4O3S/c18-16(19,20)15(17(21,22)23)10-12(24-11(26-15)9-4-2-6-31-9)27(14(29)25-13(10)28)7-8-3-1-5-30-8/h1-6H,7H2,(H,24,26)(H,25,28,29)/p+1. The van der Waals surface area contributed by atoms with Crippen LogP contribution in [0.25, 0.3) is 0 Å². The Hall–Kier alpha value is -3.29. The zero-order valence-corrected chi connectivity index (χ0v) is 15.8. The van der Waals surface area contributed by atoms with Crippen LogP contribution >= 0.6 is 11.3 Å². The number of alkyl halides is 6. The van der Waals surface area contributed by atoms with Gasteiger partial charge in [0.1, 0.15) is 16.2 Å². The van der Waals surface area contributed by atoms with Crippen molar-refractivity contribution < 1.29 is 35.8 Å². The van der Waals surface area contributed by atoms with Gasteiger partial charge in [0.2, 0.25) is 5.82 Å². The minimum Gasteiger partial charge on any atom is -0.467 e. The molecule has 164 valence electrons. The molecule has 14 heteroatoms. The average Bonchev–Trinajstić information content (AvgIpc) is 3.36. The maximum Gasteiger partial charge on any atom is 0.446 e. The molecule has 31 heavy (non-hydrogen) atoms. The molecule has 4 heterocycles. The highest BCUT2D eigenvalue weighted by Crippen LogP contribution is 2.48. The summed E-state index contributed by atoms with van der Waals surface area (Å²) in [6, 6.07) is 5.50. The number of thiophene rings is 1. The molecule has 3 aromatic rings.